The Bertz CT molecular complexity index is 1140. The van der Waals surface area contributed by atoms with Crippen LogP contribution in [0.5, 0.6) is 5.75 Å². The maximum Gasteiger partial charge on any atom is 0.387 e. The van der Waals surface area contributed by atoms with Gasteiger partial charge in [-0.05, 0) is 48.9 Å². The zero-order valence-corrected chi connectivity index (χ0v) is 17.9. The van der Waals surface area contributed by atoms with Crippen LogP contribution < -0.4 is 10.3 Å². The molecule has 164 valence electrons. The van der Waals surface area contributed by atoms with Crippen LogP contribution >= 0.6 is 11.3 Å². The van der Waals surface area contributed by atoms with Crippen molar-refractivity contribution in [2.45, 2.75) is 51.7 Å². The molecule has 2 aromatic heterocycles. The van der Waals surface area contributed by atoms with Gasteiger partial charge in [0.05, 0.1) is 5.39 Å². The lowest BCUT2D eigenvalue weighted by molar-refractivity contribution is -0.130. The third-order valence-corrected chi connectivity index (χ3v) is 6.63. The summed E-state index contributed by atoms with van der Waals surface area (Å²) in [6, 6.07) is 6.19. The Morgan fingerprint density at radius 3 is 2.74 bits per heavy atom. The van der Waals surface area contributed by atoms with E-state index < -0.39 is 6.61 Å². The Morgan fingerprint density at radius 1 is 1.26 bits per heavy atom. The van der Waals surface area contributed by atoms with Crippen molar-refractivity contribution in [1.29, 1.82) is 0 Å². The molecule has 1 amide bonds. The highest BCUT2D eigenvalue weighted by atomic mass is 32.1. The van der Waals surface area contributed by atoms with Gasteiger partial charge in [-0.25, -0.2) is 4.98 Å². The minimum absolute atomic E-state index is 0.0772. The van der Waals surface area contributed by atoms with E-state index in [1.54, 1.807) is 35.4 Å². The van der Waals surface area contributed by atoms with Gasteiger partial charge < -0.3 is 14.6 Å². The van der Waals surface area contributed by atoms with Gasteiger partial charge in [0.2, 0.25) is 5.91 Å². The number of nitrogens with one attached hydrogen (secondary N) is 1. The standard InChI is InChI=1S/C22H23F2N3O3S/c1-27(12-13-6-8-14(9-7-13)30-22(23)24)18(28)11-10-17-25-20(29)19-15-4-2-3-5-16(15)31-21(19)26-17/h6-9,22H,2-5,10-12H2,1H3,(H,25,26,29). The molecule has 1 N–H and O–H groups in total. The molecule has 1 aliphatic carbocycles. The number of hydrogen-bond acceptors (Lipinski definition) is 5. The third-order valence-electron chi connectivity index (χ3n) is 5.44. The number of amides is 1. The van der Waals surface area contributed by atoms with Crippen LogP contribution in [0.15, 0.2) is 29.1 Å². The van der Waals surface area contributed by atoms with E-state index in [-0.39, 0.29) is 23.6 Å². The van der Waals surface area contributed by atoms with Crippen molar-refractivity contribution < 1.29 is 18.3 Å². The lowest BCUT2D eigenvalue weighted by Crippen LogP contribution is -2.26. The smallest absolute Gasteiger partial charge is 0.387 e. The zero-order valence-electron chi connectivity index (χ0n) is 17.1. The minimum Gasteiger partial charge on any atom is -0.435 e. The van der Waals surface area contributed by atoms with E-state index in [1.165, 1.54) is 17.0 Å². The summed E-state index contributed by atoms with van der Waals surface area (Å²) in [6.07, 6.45) is 4.73. The fourth-order valence-corrected chi connectivity index (χ4v) is 5.16. The lowest BCUT2D eigenvalue weighted by Gasteiger charge is -2.17. The van der Waals surface area contributed by atoms with Crippen LogP contribution in [0.1, 0.15) is 41.1 Å². The second-order valence-corrected chi connectivity index (χ2v) is 8.76. The molecule has 2 heterocycles. The van der Waals surface area contributed by atoms with Crippen molar-refractivity contribution in [1.82, 2.24) is 14.9 Å². The first-order chi connectivity index (χ1) is 14.9. The predicted molar refractivity (Wildman–Crippen MR) is 115 cm³/mol. The van der Waals surface area contributed by atoms with Crippen molar-refractivity contribution in [3.05, 3.63) is 56.4 Å². The number of carbonyl (C=O) groups excluding carboxylic acids is 1. The Hall–Kier alpha value is -2.81. The second-order valence-electron chi connectivity index (χ2n) is 7.68. The monoisotopic (exact) mass is 447 g/mol. The number of H-pyrrole nitrogens is 1. The SMILES string of the molecule is CN(Cc1ccc(OC(F)F)cc1)C(=O)CCc1nc2sc3c(c2c(=O)[nH]1)CCCC3. The van der Waals surface area contributed by atoms with Crippen LogP contribution in [0.25, 0.3) is 10.2 Å². The van der Waals surface area contributed by atoms with Gasteiger partial charge in [-0.3, -0.25) is 9.59 Å². The van der Waals surface area contributed by atoms with Crippen LogP contribution in [0.2, 0.25) is 0 Å². The van der Waals surface area contributed by atoms with E-state index in [9.17, 15) is 18.4 Å². The molecular weight excluding hydrogens is 424 g/mol. The molecule has 0 fully saturated rings. The van der Waals surface area contributed by atoms with Crippen molar-refractivity contribution in [3.8, 4) is 5.75 Å². The average Bonchev–Trinajstić information content (AvgIpc) is 3.12. The molecular formula is C22H23F2N3O3S. The molecule has 0 saturated heterocycles. The first-order valence-corrected chi connectivity index (χ1v) is 11.0. The topological polar surface area (TPSA) is 75.3 Å². The van der Waals surface area contributed by atoms with Crippen molar-refractivity contribution >= 4 is 27.5 Å². The minimum atomic E-state index is -2.87. The Balaban J connectivity index is 1.38. The summed E-state index contributed by atoms with van der Waals surface area (Å²) >= 11 is 1.59. The molecule has 0 aliphatic heterocycles. The number of aromatic amines is 1. The number of alkyl halides is 2. The summed E-state index contributed by atoms with van der Waals surface area (Å²) < 4.78 is 28.8. The molecule has 1 aromatic carbocycles. The highest BCUT2D eigenvalue weighted by Crippen LogP contribution is 2.33. The van der Waals surface area contributed by atoms with Gasteiger partial charge in [-0.2, -0.15) is 8.78 Å². The summed E-state index contributed by atoms with van der Waals surface area (Å²) in [5.41, 5.74) is 1.83. The molecule has 0 bridgehead atoms. The second kappa shape index (κ2) is 9.13. The maximum absolute atomic E-state index is 12.6. The highest BCUT2D eigenvalue weighted by molar-refractivity contribution is 7.18. The first kappa shape index (κ1) is 21.4. The maximum atomic E-state index is 12.6. The van der Waals surface area contributed by atoms with Gasteiger partial charge >= 0.3 is 6.61 Å². The van der Waals surface area contributed by atoms with Crippen LogP contribution in [0.3, 0.4) is 0 Å². The zero-order chi connectivity index (χ0) is 22.0. The molecule has 9 heteroatoms. The molecule has 0 radical (unpaired) electrons. The number of benzene rings is 1. The Labute approximate surface area is 181 Å². The van der Waals surface area contributed by atoms with Gasteiger partial charge in [-0.15, -0.1) is 11.3 Å². The molecule has 0 spiro atoms. The molecule has 0 saturated carbocycles. The molecule has 31 heavy (non-hydrogen) atoms. The Morgan fingerprint density at radius 2 is 2.00 bits per heavy atom. The van der Waals surface area contributed by atoms with Crippen LogP contribution in [0, 0.1) is 0 Å². The summed E-state index contributed by atoms with van der Waals surface area (Å²) in [5, 5.41) is 0.714. The molecule has 4 rings (SSSR count). The normalized spacial score (nSPS) is 13.4. The Kier molecular flexibility index (Phi) is 6.31. The first-order valence-electron chi connectivity index (χ1n) is 10.2. The van der Waals surface area contributed by atoms with Gasteiger partial charge in [-0.1, -0.05) is 12.1 Å². The summed E-state index contributed by atoms with van der Waals surface area (Å²) in [5.74, 6) is 0.501. The largest absolute Gasteiger partial charge is 0.435 e. The van der Waals surface area contributed by atoms with E-state index in [2.05, 4.69) is 14.7 Å². The number of nitrogens with zero attached hydrogens (tertiary/aromatic N) is 2. The summed E-state index contributed by atoms with van der Waals surface area (Å²) in [6.45, 7) is -2.52. The lowest BCUT2D eigenvalue weighted by atomic mass is 9.97. The van der Waals surface area contributed by atoms with Crippen LogP contribution in [0.4, 0.5) is 8.78 Å². The quantitative estimate of drug-likeness (QED) is 0.593. The van der Waals surface area contributed by atoms with Gasteiger partial charge in [0.15, 0.2) is 0 Å². The van der Waals surface area contributed by atoms with Gasteiger partial charge in [0.25, 0.3) is 5.56 Å². The van der Waals surface area contributed by atoms with E-state index in [4.69, 9.17) is 0 Å². The van der Waals surface area contributed by atoms with E-state index in [0.717, 1.165) is 41.6 Å². The summed E-state index contributed by atoms with van der Waals surface area (Å²) in [7, 11) is 1.68. The number of halogens is 2. The molecule has 1 aliphatic rings. The highest BCUT2D eigenvalue weighted by Gasteiger charge is 2.20. The number of aromatic nitrogens is 2. The third kappa shape index (κ3) is 4.92. The van der Waals surface area contributed by atoms with E-state index in [1.807, 2.05) is 0 Å². The molecule has 0 unspecified atom stereocenters. The summed E-state index contributed by atoms with van der Waals surface area (Å²) in [4.78, 5) is 36.2. The van der Waals surface area contributed by atoms with E-state index in [0.29, 0.717) is 24.2 Å². The van der Waals surface area contributed by atoms with Crippen LogP contribution in [-0.2, 0) is 30.6 Å². The molecule has 0 atom stereocenters. The number of rotatable bonds is 7. The number of carbonyl (C=O) groups is 1. The van der Waals surface area contributed by atoms with Crippen molar-refractivity contribution in [3.63, 3.8) is 0 Å². The molecule has 6 nitrogen and oxygen atoms in total. The van der Waals surface area contributed by atoms with Crippen LogP contribution in [-0.4, -0.2) is 34.4 Å². The number of hydrogen-bond donors (Lipinski definition) is 1. The molecule has 3 aromatic rings. The number of aryl methyl sites for hydroxylation is 3. The van der Waals surface area contributed by atoms with Crippen molar-refractivity contribution in [2.75, 3.05) is 7.05 Å². The number of fused-ring (bicyclic) bond motifs is 3. The van der Waals surface area contributed by atoms with Crippen molar-refractivity contribution in [2.24, 2.45) is 0 Å². The fourth-order valence-electron chi connectivity index (χ4n) is 3.88. The number of thiophene rings is 1. The number of ether oxygens (including phenoxy) is 1. The van der Waals surface area contributed by atoms with Gasteiger partial charge in [0, 0.05) is 31.3 Å². The van der Waals surface area contributed by atoms with E-state index >= 15 is 0 Å². The predicted octanol–water partition coefficient (Wildman–Crippen LogP) is 4.06. The fraction of sp³-hybridized carbons (Fsp3) is 0.409. The average molecular weight is 448 g/mol. The van der Waals surface area contributed by atoms with Gasteiger partial charge in [0.1, 0.15) is 16.4 Å².